The van der Waals surface area contributed by atoms with E-state index in [2.05, 4.69) is 46.4 Å². The van der Waals surface area contributed by atoms with Crippen LogP contribution in [0, 0.1) is 10.1 Å². The summed E-state index contributed by atoms with van der Waals surface area (Å²) in [6.07, 6.45) is 1.03. The van der Waals surface area contributed by atoms with Crippen LogP contribution in [0.2, 0.25) is 0 Å². The summed E-state index contributed by atoms with van der Waals surface area (Å²) in [5.74, 6) is -1.10. The summed E-state index contributed by atoms with van der Waals surface area (Å²) < 4.78 is 6.51. The second-order valence-corrected chi connectivity index (χ2v) is 7.32. The van der Waals surface area contributed by atoms with Crippen molar-refractivity contribution in [2.24, 2.45) is 5.10 Å². The van der Waals surface area contributed by atoms with Gasteiger partial charge in [0.1, 0.15) is 6.54 Å². The molecule has 0 saturated heterocycles. The van der Waals surface area contributed by atoms with Crippen LogP contribution in [0.25, 0.3) is 22.6 Å². The average Bonchev–Trinajstić information content (AvgIpc) is 3.33. The van der Waals surface area contributed by atoms with E-state index in [-0.39, 0.29) is 29.4 Å². The molecular formula is C18H12BrN8O5-. The number of carbonyl (C=O) groups excluding carboxylic acids is 1. The average molecular weight is 500 g/mol. The van der Waals surface area contributed by atoms with Crippen molar-refractivity contribution >= 4 is 50.6 Å². The number of nitrogens with zero attached hydrogens (tertiary/aromatic N) is 6. The summed E-state index contributed by atoms with van der Waals surface area (Å²) in [6, 6.07) is 9.53. The van der Waals surface area contributed by atoms with Gasteiger partial charge in [0.25, 0.3) is 11.6 Å². The molecule has 0 radical (unpaired) electrons. The molecule has 13 nitrogen and oxygen atoms in total. The number of halogens is 1. The molecule has 0 unspecified atom stereocenters. The molecule has 0 aliphatic carbocycles. The van der Waals surface area contributed by atoms with Gasteiger partial charge in [-0.05, 0) is 39.8 Å². The second-order valence-electron chi connectivity index (χ2n) is 6.40. The molecule has 4 aromatic rings. The molecule has 0 spiro atoms. The van der Waals surface area contributed by atoms with Crippen LogP contribution in [-0.4, -0.2) is 36.9 Å². The van der Waals surface area contributed by atoms with Gasteiger partial charge in [0.15, 0.2) is 17.3 Å². The molecule has 0 fully saturated rings. The van der Waals surface area contributed by atoms with Crippen LogP contribution in [0.4, 0.5) is 11.5 Å². The topological polar surface area (TPSA) is 190 Å². The normalized spacial score (nSPS) is 11.3. The van der Waals surface area contributed by atoms with Gasteiger partial charge >= 0.3 is 0 Å². The van der Waals surface area contributed by atoms with E-state index >= 15 is 0 Å². The standard InChI is InChI=1S/C18H13BrN8O5/c19-10-5-9(16(29)13(6-10)27(30)31)7-21-23-14(28)8-26-12-4-2-1-3-11(12)22-18(26)15-17(20)25-32-24-15/h1-7,29H,8H2,(H2,20,25)(H,23,28)/p-1. The number of hydrogen-bond acceptors (Lipinski definition) is 10. The largest absolute Gasteiger partial charge is 0.867 e. The van der Waals surface area contributed by atoms with Crippen molar-refractivity contribution in [1.82, 2.24) is 25.3 Å². The highest BCUT2D eigenvalue weighted by molar-refractivity contribution is 9.10. The third-order valence-corrected chi connectivity index (χ3v) is 4.79. The molecular weight excluding hydrogens is 488 g/mol. The number of anilines is 1. The molecule has 2 heterocycles. The SMILES string of the molecule is Nc1nonc1-c1nc2ccccc2n1CC(=O)NN=Cc1cc(Br)cc([N+](=O)[O-])c1[O-]. The number of nitrogens with two attached hydrogens (primary N) is 1. The molecule has 2 aromatic heterocycles. The first-order valence-electron chi connectivity index (χ1n) is 8.85. The summed E-state index contributed by atoms with van der Waals surface area (Å²) in [5, 5.41) is 34.1. The van der Waals surface area contributed by atoms with E-state index in [0.717, 1.165) is 12.3 Å². The summed E-state index contributed by atoms with van der Waals surface area (Å²) in [5.41, 5.74) is 8.78. The van der Waals surface area contributed by atoms with E-state index < -0.39 is 22.3 Å². The fourth-order valence-corrected chi connectivity index (χ4v) is 3.41. The number of rotatable bonds is 6. The molecule has 162 valence electrons. The summed E-state index contributed by atoms with van der Waals surface area (Å²) in [7, 11) is 0. The van der Waals surface area contributed by atoms with Crippen LogP contribution in [-0.2, 0) is 11.3 Å². The summed E-state index contributed by atoms with van der Waals surface area (Å²) in [4.78, 5) is 27.1. The highest BCUT2D eigenvalue weighted by Crippen LogP contribution is 2.30. The van der Waals surface area contributed by atoms with E-state index in [1.807, 2.05) is 0 Å². The Labute approximate surface area is 186 Å². The van der Waals surface area contributed by atoms with Crippen LogP contribution in [0.1, 0.15) is 5.56 Å². The monoisotopic (exact) mass is 499 g/mol. The number of nitro groups is 1. The quantitative estimate of drug-likeness (QED) is 0.225. The van der Waals surface area contributed by atoms with Crippen molar-refractivity contribution in [1.29, 1.82) is 0 Å². The Morgan fingerprint density at radius 1 is 1.34 bits per heavy atom. The van der Waals surface area contributed by atoms with Gasteiger partial charge in [-0.1, -0.05) is 28.1 Å². The number of para-hydroxylation sites is 2. The lowest BCUT2D eigenvalue weighted by atomic mass is 10.2. The Kier molecular flexibility index (Phi) is 5.51. The molecule has 0 aliphatic heterocycles. The Morgan fingerprint density at radius 2 is 2.12 bits per heavy atom. The minimum atomic E-state index is -0.826. The number of nitrogen functional groups attached to an aromatic ring is 1. The number of benzene rings is 2. The number of fused-ring (bicyclic) bond motifs is 1. The zero-order valence-corrected chi connectivity index (χ0v) is 17.5. The maximum Gasteiger partial charge on any atom is 0.263 e. The number of imidazole rings is 1. The van der Waals surface area contributed by atoms with E-state index in [1.54, 1.807) is 28.8 Å². The van der Waals surface area contributed by atoms with Crippen LogP contribution >= 0.6 is 15.9 Å². The number of nitro benzene ring substituents is 1. The van der Waals surface area contributed by atoms with Gasteiger partial charge in [-0.3, -0.25) is 14.9 Å². The minimum absolute atomic E-state index is 0.0132. The smallest absolute Gasteiger partial charge is 0.263 e. The third kappa shape index (κ3) is 3.98. The number of hydrazone groups is 1. The van der Waals surface area contributed by atoms with Crippen LogP contribution < -0.4 is 16.3 Å². The lowest BCUT2D eigenvalue weighted by Gasteiger charge is -2.11. The first-order valence-corrected chi connectivity index (χ1v) is 9.65. The van der Waals surface area contributed by atoms with E-state index in [1.165, 1.54) is 6.07 Å². The molecule has 0 saturated carbocycles. The third-order valence-electron chi connectivity index (χ3n) is 4.33. The molecule has 1 amide bonds. The molecule has 3 N–H and O–H groups in total. The van der Waals surface area contributed by atoms with Crippen molar-refractivity contribution < 1.29 is 19.5 Å². The highest BCUT2D eigenvalue weighted by Gasteiger charge is 2.20. The van der Waals surface area contributed by atoms with Gasteiger partial charge in [0.05, 0.1) is 22.2 Å². The van der Waals surface area contributed by atoms with Crippen molar-refractivity contribution in [2.45, 2.75) is 6.54 Å². The van der Waals surface area contributed by atoms with Gasteiger partial charge in [0.2, 0.25) is 0 Å². The molecule has 4 rings (SSSR count). The van der Waals surface area contributed by atoms with Crippen LogP contribution in [0.5, 0.6) is 5.75 Å². The first kappa shape index (κ1) is 20.9. The van der Waals surface area contributed by atoms with Crippen molar-refractivity contribution in [2.75, 3.05) is 5.73 Å². The van der Waals surface area contributed by atoms with Gasteiger partial charge in [-0.2, -0.15) is 5.10 Å². The second kappa shape index (κ2) is 8.43. The highest BCUT2D eigenvalue weighted by atomic mass is 79.9. The molecule has 2 aromatic carbocycles. The lowest BCUT2D eigenvalue weighted by molar-refractivity contribution is -0.398. The van der Waals surface area contributed by atoms with Crippen LogP contribution in [0.15, 0.2) is 50.6 Å². The zero-order chi connectivity index (χ0) is 22.8. The number of amides is 1. The number of carbonyl (C=O) groups is 1. The van der Waals surface area contributed by atoms with Crippen molar-refractivity contribution in [3.63, 3.8) is 0 Å². The van der Waals surface area contributed by atoms with Gasteiger partial charge in [-0.25, -0.2) is 15.0 Å². The Balaban J connectivity index is 1.58. The molecule has 14 heteroatoms. The van der Waals surface area contributed by atoms with Gasteiger partial charge < -0.3 is 15.4 Å². The number of nitrogens with one attached hydrogen (secondary N) is 1. The Bertz CT molecular complexity index is 1380. The summed E-state index contributed by atoms with van der Waals surface area (Å²) in [6.45, 7) is -0.220. The maximum absolute atomic E-state index is 12.5. The van der Waals surface area contributed by atoms with E-state index in [0.29, 0.717) is 15.5 Å². The lowest BCUT2D eigenvalue weighted by Crippen LogP contribution is -2.23. The predicted molar refractivity (Wildman–Crippen MR) is 113 cm³/mol. The van der Waals surface area contributed by atoms with Crippen molar-refractivity contribution in [3.8, 4) is 17.3 Å². The Hall–Kier alpha value is -4.33. The minimum Gasteiger partial charge on any atom is -0.867 e. The molecule has 0 bridgehead atoms. The fourth-order valence-electron chi connectivity index (χ4n) is 2.95. The zero-order valence-electron chi connectivity index (χ0n) is 15.9. The van der Waals surface area contributed by atoms with Crippen molar-refractivity contribution in [3.05, 3.63) is 56.5 Å². The van der Waals surface area contributed by atoms with Gasteiger partial charge in [-0.15, -0.1) is 0 Å². The molecule has 0 atom stereocenters. The first-order chi connectivity index (χ1) is 15.3. The van der Waals surface area contributed by atoms with Crippen LogP contribution in [0.3, 0.4) is 0 Å². The Morgan fingerprint density at radius 3 is 2.84 bits per heavy atom. The van der Waals surface area contributed by atoms with E-state index in [9.17, 15) is 20.0 Å². The van der Waals surface area contributed by atoms with Gasteiger partial charge in [0, 0.05) is 10.5 Å². The molecule has 0 aliphatic rings. The fraction of sp³-hybridized carbons (Fsp3) is 0.0556. The molecule has 32 heavy (non-hydrogen) atoms. The van der Waals surface area contributed by atoms with E-state index in [4.69, 9.17) is 5.73 Å². The maximum atomic E-state index is 12.5. The number of aromatic nitrogens is 4. The summed E-state index contributed by atoms with van der Waals surface area (Å²) >= 11 is 3.10. The number of hydrogen-bond donors (Lipinski definition) is 2. The predicted octanol–water partition coefficient (Wildman–Crippen LogP) is 1.56.